The van der Waals surface area contributed by atoms with Gasteiger partial charge in [-0.3, -0.25) is 5.32 Å². The summed E-state index contributed by atoms with van der Waals surface area (Å²) in [4.78, 5) is 8.45. The van der Waals surface area contributed by atoms with Crippen LogP contribution in [0.25, 0.3) is 0 Å². The topological polar surface area (TPSA) is 99.0 Å². The van der Waals surface area contributed by atoms with Gasteiger partial charge in [0, 0.05) is 0 Å². The highest BCUT2D eigenvalue weighted by Gasteiger charge is 2.32. The first-order chi connectivity index (χ1) is 7.96. The molecule has 0 saturated heterocycles. The third-order valence-corrected chi connectivity index (χ3v) is 2.34. The standard InChI is InChI=1S/C10H18N6O/c1-5-13-8-14-7(10(2,3)6-11)15-9(17-4)16(8)12/h8,13H,5,12H2,1-4H3. The largest absolute Gasteiger partial charge is 0.467 e. The molecule has 1 aliphatic heterocycles. The number of hydrazine groups is 1. The zero-order valence-electron chi connectivity index (χ0n) is 10.6. The van der Waals surface area contributed by atoms with Gasteiger partial charge in [-0.25, -0.2) is 15.8 Å². The van der Waals surface area contributed by atoms with E-state index in [4.69, 9.17) is 15.8 Å². The zero-order valence-corrected chi connectivity index (χ0v) is 10.6. The van der Waals surface area contributed by atoms with Crippen molar-refractivity contribution in [1.29, 1.82) is 5.26 Å². The van der Waals surface area contributed by atoms with E-state index in [1.165, 1.54) is 12.1 Å². The zero-order chi connectivity index (χ0) is 13.1. The van der Waals surface area contributed by atoms with Crippen LogP contribution in [-0.2, 0) is 4.74 Å². The van der Waals surface area contributed by atoms with E-state index in [9.17, 15) is 0 Å². The molecular weight excluding hydrogens is 220 g/mol. The van der Waals surface area contributed by atoms with Crippen LogP contribution in [0.1, 0.15) is 20.8 Å². The monoisotopic (exact) mass is 238 g/mol. The fourth-order valence-corrected chi connectivity index (χ4v) is 1.29. The number of nitrogens with zero attached hydrogens (tertiary/aromatic N) is 4. The Morgan fingerprint density at radius 1 is 1.65 bits per heavy atom. The van der Waals surface area contributed by atoms with Crippen LogP contribution in [0.15, 0.2) is 9.98 Å². The van der Waals surface area contributed by atoms with Crippen LogP contribution in [0.5, 0.6) is 0 Å². The molecule has 0 aromatic carbocycles. The molecule has 0 aliphatic carbocycles. The number of amidine groups is 2. The molecule has 0 saturated carbocycles. The van der Waals surface area contributed by atoms with Crippen molar-refractivity contribution < 1.29 is 4.74 Å². The number of hydrogen-bond donors (Lipinski definition) is 2. The molecule has 1 heterocycles. The predicted octanol–water partition coefficient (Wildman–Crippen LogP) is 0.0195. The van der Waals surface area contributed by atoms with Crippen molar-refractivity contribution >= 4 is 11.9 Å². The molecule has 17 heavy (non-hydrogen) atoms. The number of nitrogens with two attached hydrogens (primary N) is 1. The summed E-state index contributed by atoms with van der Waals surface area (Å²) in [5.41, 5.74) is -0.779. The summed E-state index contributed by atoms with van der Waals surface area (Å²) in [5, 5.41) is 13.4. The maximum absolute atomic E-state index is 9.08. The number of aliphatic imine (C=N–C) groups is 2. The molecule has 0 amide bonds. The first kappa shape index (κ1) is 13.4. The minimum absolute atomic E-state index is 0.240. The van der Waals surface area contributed by atoms with Crippen molar-refractivity contribution in [2.45, 2.75) is 27.1 Å². The van der Waals surface area contributed by atoms with Crippen LogP contribution < -0.4 is 11.2 Å². The summed E-state index contributed by atoms with van der Waals surface area (Å²) < 4.78 is 5.07. The van der Waals surface area contributed by atoms with Crippen LogP contribution in [0.4, 0.5) is 0 Å². The molecule has 1 aliphatic rings. The number of methoxy groups -OCH3 is 1. The van der Waals surface area contributed by atoms with Crippen molar-refractivity contribution in [3.8, 4) is 6.07 Å². The van der Waals surface area contributed by atoms with Crippen molar-refractivity contribution in [3.05, 3.63) is 0 Å². The van der Waals surface area contributed by atoms with Crippen LogP contribution in [0.2, 0.25) is 0 Å². The molecule has 1 rings (SSSR count). The Morgan fingerprint density at radius 3 is 2.76 bits per heavy atom. The van der Waals surface area contributed by atoms with Crippen molar-refractivity contribution in [2.24, 2.45) is 21.2 Å². The Balaban J connectivity index is 3.09. The van der Waals surface area contributed by atoms with Crippen molar-refractivity contribution in [3.63, 3.8) is 0 Å². The minimum Gasteiger partial charge on any atom is -0.467 e. The molecule has 7 heteroatoms. The number of hydrogen-bond acceptors (Lipinski definition) is 7. The fourth-order valence-electron chi connectivity index (χ4n) is 1.29. The molecule has 94 valence electrons. The van der Waals surface area contributed by atoms with E-state index in [0.29, 0.717) is 12.4 Å². The second kappa shape index (κ2) is 5.12. The van der Waals surface area contributed by atoms with E-state index in [1.54, 1.807) is 13.8 Å². The van der Waals surface area contributed by atoms with Gasteiger partial charge < -0.3 is 4.74 Å². The summed E-state index contributed by atoms with van der Waals surface area (Å²) in [6.07, 6.45) is -0.463. The highest BCUT2D eigenvalue weighted by atomic mass is 16.5. The number of ether oxygens (including phenoxy) is 1. The molecule has 0 aromatic rings. The second-order valence-electron chi connectivity index (χ2n) is 4.13. The predicted molar refractivity (Wildman–Crippen MR) is 64.8 cm³/mol. The maximum atomic E-state index is 9.08. The van der Waals surface area contributed by atoms with Gasteiger partial charge in [0.25, 0.3) is 0 Å². The molecule has 7 nitrogen and oxygen atoms in total. The maximum Gasteiger partial charge on any atom is 0.311 e. The minimum atomic E-state index is -0.779. The van der Waals surface area contributed by atoms with E-state index >= 15 is 0 Å². The first-order valence-electron chi connectivity index (χ1n) is 5.35. The molecule has 1 unspecified atom stereocenters. The normalized spacial score (nSPS) is 20.5. The van der Waals surface area contributed by atoms with Crippen LogP contribution in [0, 0.1) is 16.7 Å². The molecular formula is C10H18N6O. The molecule has 0 fully saturated rings. The summed E-state index contributed by atoms with van der Waals surface area (Å²) in [7, 11) is 1.48. The lowest BCUT2D eigenvalue weighted by molar-refractivity contribution is 0.206. The molecule has 0 bridgehead atoms. The average Bonchev–Trinajstić information content (AvgIpc) is 2.31. The van der Waals surface area contributed by atoms with E-state index in [-0.39, 0.29) is 6.02 Å². The van der Waals surface area contributed by atoms with Gasteiger partial charge >= 0.3 is 6.02 Å². The van der Waals surface area contributed by atoms with Gasteiger partial charge in [-0.15, -0.1) is 0 Å². The van der Waals surface area contributed by atoms with Gasteiger partial charge in [0.2, 0.25) is 0 Å². The Labute approximate surface area is 101 Å². The quantitative estimate of drug-likeness (QED) is 0.675. The van der Waals surface area contributed by atoms with Gasteiger partial charge in [-0.2, -0.15) is 10.3 Å². The Morgan fingerprint density at radius 2 is 2.29 bits per heavy atom. The molecule has 1 atom stereocenters. The average molecular weight is 238 g/mol. The highest BCUT2D eigenvalue weighted by Crippen LogP contribution is 2.21. The summed E-state index contributed by atoms with van der Waals surface area (Å²) in [6, 6.07) is 2.39. The summed E-state index contributed by atoms with van der Waals surface area (Å²) in [6.45, 7) is 6.13. The lowest BCUT2D eigenvalue weighted by Crippen LogP contribution is -2.55. The Hall–Kier alpha value is -1.65. The summed E-state index contributed by atoms with van der Waals surface area (Å²) in [5.74, 6) is 6.20. The van der Waals surface area contributed by atoms with Gasteiger partial charge in [0.15, 0.2) is 12.1 Å². The van der Waals surface area contributed by atoms with E-state index in [0.717, 1.165) is 0 Å². The third-order valence-electron chi connectivity index (χ3n) is 2.34. The Kier molecular flexibility index (Phi) is 4.04. The lowest BCUT2D eigenvalue weighted by atomic mass is 9.94. The van der Waals surface area contributed by atoms with E-state index < -0.39 is 11.7 Å². The van der Waals surface area contributed by atoms with Crippen molar-refractivity contribution in [2.75, 3.05) is 13.7 Å². The molecule has 0 spiro atoms. The Bertz CT molecular complexity index is 381. The first-order valence-corrected chi connectivity index (χ1v) is 5.35. The van der Waals surface area contributed by atoms with Gasteiger partial charge in [-0.1, -0.05) is 6.92 Å². The molecule has 0 aromatic heterocycles. The number of nitrogens with one attached hydrogen (secondary N) is 1. The van der Waals surface area contributed by atoms with Gasteiger partial charge in [0.05, 0.1) is 13.2 Å². The highest BCUT2D eigenvalue weighted by molar-refractivity contribution is 5.99. The SMILES string of the molecule is CCNC1N=C(C(C)(C)C#N)N=C(OC)N1N. The van der Waals surface area contributed by atoms with Crippen LogP contribution in [-0.4, -0.2) is 36.8 Å². The third kappa shape index (κ3) is 2.72. The molecule has 3 N–H and O–H groups in total. The van der Waals surface area contributed by atoms with Crippen molar-refractivity contribution in [1.82, 2.24) is 10.3 Å². The van der Waals surface area contributed by atoms with Gasteiger partial charge in [0.1, 0.15) is 5.41 Å². The fraction of sp³-hybridized carbons (Fsp3) is 0.700. The van der Waals surface area contributed by atoms with E-state index in [2.05, 4.69) is 21.4 Å². The summed E-state index contributed by atoms with van der Waals surface area (Å²) >= 11 is 0. The van der Waals surface area contributed by atoms with Crippen LogP contribution >= 0.6 is 0 Å². The van der Waals surface area contributed by atoms with Gasteiger partial charge in [-0.05, 0) is 20.4 Å². The van der Waals surface area contributed by atoms with Crippen LogP contribution in [0.3, 0.4) is 0 Å². The lowest BCUT2D eigenvalue weighted by Gasteiger charge is -2.31. The number of rotatable bonds is 3. The number of nitriles is 1. The second-order valence-corrected chi connectivity index (χ2v) is 4.13. The van der Waals surface area contributed by atoms with E-state index in [1.807, 2.05) is 6.92 Å². The smallest absolute Gasteiger partial charge is 0.311 e. The molecule has 0 radical (unpaired) electrons.